The van der Waals surface area contributed by atoms with Crippen LogP contribution in [0.5, 0.6) is 0 Å². The number of β-amino-alcohol motifs (C(OH)–C–C–N with tert-alkyl or cyclic N) is 1. The lowest BCUT2D eigenvalue weighted by Crippen LogP contribution is -2.42. The Balaban J connectivity index is 2.53. The summed E-state index contributed by atoms with van der Waals surface area (Å²) in [4.78, 5) is 0. The Bertz CT molecular complexity index is 299. The smallest absolute Gasteiger partial charge is 0.214 e. The number of hydrogen-bond donors (Lipinski definition) is 1. The summed E-state index contributed by atoms with van der Waals surface area (Å²) in [6.45, 7) is 2.75. The molecule has 5 nitrogen and oxygen atoms in total. The van der Waals surface area contributed by atoms with E-state index in [2.05, 4.69) is 0 Å². The summed E-state index contributed by atoms with van der Waals surface area (Å²) in [5.74, 6) is 0.202. The van der Waals surface area contributed by atoms with E-state index in [1.807, 2.05) is 0 Å². The van der Waals surface area contributed by atoms with Gasteiger partial charge in [0.15, 0.2) is 0 Å². The van der Waals surface area contributed by atoms with Gasteiger partial charge in [0.2, 0.25) is 10.0 Å². The molecule has 0 saturated carbocycles. The molecule has 6 heteroatoms. The Kier molecular flexibility index (Phi) is 4.11. The second-order valence-corrected chi connectivity index (χ2v) is 6.33. The molecule has 1 heterocycles. The fraction of sp³-hybridized carbons (Fsp3) is 1.00. The van der Waals surface area contributed by atoms with Crippen molar-refractivity contribution >= 4 is 10.0 Å². The molecule has 0 aromatic heterocycles. The van der Waals surface area contributed by atoms with Crippen molar-refractivity contribution in [1.29, 1.82) is 0 Å². The average Bonchev–Trinajstić information content (AvgIpc) is 2.42. The fourth-order valence-corrected chi connectivity index (χ4v) is 3.28. The molecule has 15 heavy (non-hydrogen) atoms. The highest BCUT2D eigenvalue weighted by Crippen LogP contribution is 2.19. The van der Waals surface area contributed by atoms with Crippen LogP contribution in [0.25, 0.3) is 0 Å². The van der Waals surface area contributed by atoms with E-state index in [0.717, 1.165) is 0 Å². The molecule has 0 aliphatic carbocycles. The highest BCUT2D eigenvalue weighted by Gasteiger charge is 2.34. The summed E-state index contributed by atoms with van der Waals surface area (Å²) >= 11 is 0. The lowest BCUT2D eigenvalue weighted by atomic mass is 10.0. The summed E-state index contributed by atoms with van der Waals surface area (Å²) < 4.78 is 29.2. The van der Waals surface area contributed by atoms with Crippen molar-refractivity contribution in [3.63, 3.8) is 0 Å². The molecule has 1 unspecified atom stereocenters. The Morgan fingerprint density at radius 2 is 2.20 bits per heavy atom. The van der Waals surface area contributed by atoms with E-state index in [1.54, 1.807) is 14.0 Å². The van der Waals surface area contributed by atoms with E-state index < -0.39 is 15.6 Å². The van der Waals surface area contributed by atoms with Crippen LogP contribution < -0.4 is 0 Å². The fourth-order valence-electron chi connectivity index (χ4n) is 1.65. The molecule has 0 aromatic carbocycles. The third kappa shape index (κ3) is 3.71. The van der Waals surface area contributed by atoms with Crippen molar-refractivity contribution in [2.45, 2.75) is 25.4 Å². The SMILES string of the molecule is COCCC(C)(O)CN1CCCS1(=O)=O. The van der Waals surface area contributed by atoms with Gasteiger partial charge in [0.25, 0.3) is 0 Å². The first-order valence-corrected chi connectivity index (χ1v) is 6.67. The normalized spacial score (nSPS) is 25.3. The molecule has 90 valence electrons. The Hall–Kier alpha value is -0.170. The molecule has 1 N–H and O–H groups in total. The predicted octanol–water partition coefficient (Wildman–Crippen LogP) is -0.191. The van der Waals surface area contributed by atoms with Crippen LogP contribution in [-0.4, -0.2) is 56.0 Å². The van der Waals surface area contributed by atoms with Crippen LogP contribution in [0.3, 0.4) is 0 Å². The van der Waals surface area contributed by atoms with Gasteiger partial charge >= 0.3 is 0 Å². The van der Waals surface area contributed by atoms with Crippen molar-refractivity contribution in [3.8, 4) is 0 Å². The highest BCUT2D eigenvalue weighted by molar-refractivity contribution is 7.89. The third-order valence-corrected chi connectivity index (χ3v) is 4.47. The molecule has 1 fully saturated rings. The van der Waals surface area contributed by atoms with Crippen LogP contribution in [-0.2, 0) is 14.8 Å². The van der Waals surface area contributed by atoms with Gasteiger partial charge in [-0.2, -0.15) is 4.31 Å². The molecule has 1 atom stereocenters. The molecule has 0 amide bonds. The van der Waals surface area contributed by atoms with Crippen molar-refractivity contribution in [3.05, 3.63) is 0 Å². The minimum Gasteiger partial charge on any atom is -0.389 e. The first kappa shape index (κ1) is 12.9. The number of rotatable bonds is 5. The molecule has 1 rings (SSSR count). The van der Waals surface area contributed by atoms with Crippen LogP contribution >= 0.6 is 0 Å². The first-order chi connectivity index (χ1) is 6.87. The summed E-state index contributed by atoms with van der Waals surface area (Å²) in [5.41, 5.74) is -1.01. The van der Waals surface area contributed by atoms with Gasteiger partial charge in [-0.05, 0) is 13.3 Å². The number of hydrogen-bond acceptors (Lipinski definition) is 4. The van der Waals surface area contributed by atoms with Gasteiger partial charge in [-0.15, -0.1) is 0 Å². The maximum absolute atomic E-state index is 11.5. The zero-order valence-corrected chi connectivity index (χ0v) is 10.1. The summed E-state index contributed by atoms with van der Waals surface area (Å²) in [6, 6.07) is 0. The monoisotopic (exact) mass is 237 g/mol. The quantitative estimate of drug-likeness (QED) is 0.719. The molecule has 0 aromatic rings. The van der Waals surface area contributed by atoms with Gasteiger partial charge < -0.3 is 9.84 Å². The molecular formula is C9H19NO4S. The van der Waals surface area contributed by atoms with E-state index in [4.69, 9.17) is 4.74 Å². The molecular weight excluding hydrogens is 218 g/mol. The van der Waals surface area contributed by atoms with Crippen molar-refractivity contribution in [2.75, 3.05) is 32.6 Å². The summed E-state index contributed by atoms with van der Waals surface area (Å²) in [6.07, 6.45) is 1.10. The maximum atomic E-state index is 11.5. The van der Waals surface area contributed by atoms with Gasteiger partial charge in [-0.1, -0.05) is 0 Å². The summed E-state index contributed by atoms with van der Waals surface area (Å²) in [5, 5.41) is 9.95. The molecule has 1 aliphatic rings. The highest BCUT2D eigenvalue weighted by atomic mass is 32.2. The number of methoxy groups -OCH3 is 1. The third-order valence-electron chi connectivity index (χ3n) is 2.56. The van der Waals surface area contributed by atoms with Crippen LogP contribution in [0.4, 0.5) is 0 Å². The molecule has 0 spiro atoms. The number of ether oxygens (including phenoxy) is 1. The van der Waals surface area contributed by atoms with E-state index in [1.165, 1.54) is 4.31 Å². The average molecular weight is 237 g/mol. The van der Waals surface area contributed by atoms with Crippen molar-refractivity contribution in [2.24, 2.45) is 0 Å². The molecule has 1 aliphatic heterocycles. The first-order valence-electron chi connectivity index (χ1n) is 5.06. The summed E-state index contributed by atoms with van der Waals surface area (Å²) in [7, 11) is -1.55. The Morgan fingerprint density at radius 3 is 2.67 bits per heavy atom. The molecule has 0 radical (unpaired) electrons. The van der Waals surface area contributed by atoms with E-state index in [0.29, 0.717) is 26.0 Å². The second kappa shape index (κ2) is 4.78. The van der Waals surface area contributed by atoms with Gasteiger partial charge in [-0.3, -0.25) is 0 Å². The van der Waals surface area contributed by atoms with E-state index in [-0.39, 0.29) is 12.3 Å². The van der Waals surface area contributed by atoms with Crippen LogP contribution in [0, 0.1) is 0 Å². The number of aliphatic hydroxyl groups is 1. The van der Waals surface area contributed by atoms with Gasteiger partial charge in [0.05, 0.1) is 11.4 Å². The van der Waals surface area contributed by atoms with E-state index >= 15 is 0 Å². The lowest BCUT2D eigenvalue weighted by molar-refractivity contribution is 0.0114. The second-order valence-electron chi connectivity index (χ2n) is 4.24. The standard InChI is InChI=1S/C9H19NO4S/c1-9(11,4-6-14-2)8-10-5-3-7-15(10,12)13/h11H,3-8H2,1-2H3. The molecule has 0 bridgehead atoms. The van der Waals surface area contributed by atoms with Crippen molar-refractivity contribution < 1.29 is 18.3 Å². The van der Waals surface area contributed by atoms with Gasteiger partial charge in [0, 0.05) is 33.2 Å². The lowest BCUT2D eigenvalue weighted by Gasteiger charge is -2.27. The molecule has 1 saturated heterocycles. The zero-order valence-electron chi connectivity index (χ0n) is 9.27. The largest absolute Gasteiger partial charge is 0.389 e. The predicted molar refractivity (Wildman–Crippen MR) is 57.1 cm³/mol. The topological polar surface area (TPSA) is 66.8 Å². The Morgan fingerprint density at radius 1 is 1.53 bits per heavy atom. The minimum atomic E-state index is -3.11. The van der Waals surface area contributed by atoms with E-state index in [9.17, 15) is 13.5 Å². The van der Waals surface area contributed by atoms with Crippen LogP contribution in [0.1, 0.15) is 19.8 Å². The maximum Gasteiger partial charge on any atom is 0.214 e. The van der Waals surface area contributed by atoms with Gasteiger partial charge in [0.1, 0.15) is 0 Å². The van der Waals surface area contributed by atoms with Crippen molar-refractivity contribution in [1.82, 2.24) is 4.31 Å². The van der Waals surface area contributed by atoms with Crippen LogP contribution in [0.2, 0.25) is 0 Å². The number of nitrogens with zero attached hydrogens (tertiary/aromatic N) is 1. The Labute approximate surface area is 91.1 Å². The minimum absolute atomic E-state index is 0.165. The number of sulfonamides is 1. The zero-order chi connectivity index (χ0) is 11.5. The van der Waals surface area contributed by atoms with Crippen LogP contribution in [0.15, 0.2) is 0 Å². The van der Waals surface area contributed by atoms with Gasteiger partial charge in [-0.25, -0.2) is 8.42 Å².